The Hall–Kier alpha value is -2.60. The number of fused-ring (bicyclic) bond motifs is 1. The van der Waals surface area contributed by atoms with Crippen molar-refractivity contribution in [3.63, 3.8) is 0 Å². The number of hydrogen-bond donors (Lipinski definition) is 0. The van der Waals surface area contributed by atoms with Crippen LogP contribution in [0.2, 0.25) is 0 Å². The van der Waals surface area contributed by atoms with Crippen LogP contribution in [0.4, 0.5) is 11.4 Å². The molecule has 0 aliphatic rings. The van der Waals surface area contributed by atoms with Crippen molar-refractivity contribution < 1.29 is 31.1 Å². The molecule has 12 heteroatoms. The molecule has 1 aromatic heterocycles. The number of methoxy groups -OCH3 is 2. The Bertz CT molecular complexity index is 1200. The molecule has 0 saturated heterocycles. The van der Waals surface area contributed by atoms with Crippen molar-refractivity contribution in [1.82, 2.24) is 4.98 Å². The van der Waals surface area contributed by atoms with Crippen molar-refractivity contribution in [1.29, 1.82) is 0 Å². The summed E-state index contributed by atoms with van der Waals surface area (Å²) in [4.78, 5) is 16.2. The zero-order valence-electron chi connectivity index (χ0n) is 19.0. The molecule has 0 aliphatic heterocycles. The van der Waals surface area contributed by atoms with Gasteiger partial charge in [0.15, 0.2) is 0 Å². The average Bonchev–Trinajstić information content (AvgIpc) is 2.68. The maximum Gasteiger partial charge on any atom is 0.326 e. The van der Waals surface area contributed by atoms with E-state index in [1.165, 1.54) is 29.7 Å². The van der Waals surface area contributed by atoms with Crippen molar-refractivity contribution in [2.45, 2.75) is 20.3 Å². The highest BCUT2D eigenvalue weighted by Crippen LogP contribution is 2.35. The molecule has 2 aromatic rings. The fourth-order valence-electron chi connectivity index (χ4n) is 3.05. The predicted octanol–water partition coefficient (Wildman–Crippen LogP) is 1.99. The van der Waals surface area contributed by atoms with Crippen molar-refractivity contribution in [2.24, 2.45) is 5.92 Å². The third-order valence-electron chi connectivity index (χ3n) is 4.73. The summed E-state index contributed by atoms with van der Waals surface area (Å²) in [6.45, 7) is 3.73. The van der Waals surface area contributed by atoms with E-state index in [9.17, 15) is 21.6 Å². The van der Waals surface area contributed by atoms with Crippen LogP contribution in [-0.4, -0.2) is 67.6 Å². The molecule has 0 saturated carbocycles. The summed E-state index contributed by atoms with van der Waals surface area (Å²) < 4.78 is 61.7. The number of carbonyl (C=O) groups excluding carboxylic acids is 1. The summed E-state index contributed by atoms with van der Waals surface area (Å²) in [5.41, 5.74) is 0.939. The molecule has 0 bridgehead atoms. The average molecular weight is 488 g/mol. The van der Waals surface area contributed by atoms with Crippen LogP contribution in [-0.2, 0) is 29.6 Å². The minimum Gasteiger partial charge on any atom is -0.494 e. The molecule has 0 amide bonds. The number of aromatic nitrogens is 1. The van der Waals surface area contributed by atoms with Crippen LogP contribution in [0, 0.1) is 5.92 Å². The first kappa shape index (κ1) is 25.7. The Morgan fingerprint density at radius 2 is 1.66 bits per heavy atom. The number of nitrogens with zero attached hydrogens (tertiary/aromatic N) is 3. The Morgan fingerprint density at radius 1 is 1.03 bits per heavy atom. The maximum atomic E-state index is 12.4. The fourth-order valence-corrected chi connectivity index (χ4v) is 4.81. The second-order valence-electron chi connectivity index (χ2n) is 7.77. The lowest BCUT2D eigenvalue weighted by Gasteiger charge is -2.25. The maximum absolute atomic E-state index is 12.4. The molecule has 1 heterocycles. The quantitative estimate of drug-likeness (QED) is 0.466. The van der Waals surface area contributed by atoms with Gasteiger partial charge < -0.3 is 9.47 Å². The molecule has 0 atom stereocenters. The number of esters is 1. The van der Waals surface area contributed by atoms with Gasteiger partial charge in [-0.15, -0.1) is 0 Å². The lowest BCUT2D eigenvalue weighted by Crippen LogP contribution is -2.35. The van der Waals surface area contributed by atoms with Gasteiger partial charge in [-0.25, -0.2) is 16.8 Å². The largest absolute Gasteiger partial charge is 0.494 e. The van der Waals surface area contributed by atoms with Gasteiger partial charge >= 0.3 is 5.97 Å². The summed E-state index contributed by atoms with van der Waals surface area (Å²) in [6.07, 6.45) is 4.19. The Labute approximate surface area is 189 Å². The predicted molar refractivity (Wildman–Crippen MR) is 124 cm³/mol. The zero-order chi connectivity index (χ0) is 24.3. The van der Waals surface area contributed by atoms with E-state index in [4.69, 9.17) is 4.74 Å². The Kier molecular flexibility index (Phi) is 7.94. The SMILES string of the molecule is COC(=O)CN(c1cc2cc(N(CCC(C)C)S(C)(=O)=O)cnc2cc1OC)S(C)(=O)=O. The van der Waals surface area contributed by atoms with Crippen LogP contribution >= 0.6 is 0 Å². The van der Waals surface area contributed by atoms with Crippen LogP contribution in [0.1, 0.15) is 20.3 Å². The zero-order valence-corrected chi connectivity index (χ0v) is 20.7. The van der Waals surface area contributed by atoms with E-state index in [0.717, 1.165) is 23.9 Å². The molecule has 0 spiro atoms. The number of ether oxygens (including phenoxy) is 2. The van der Waals surface area contributed by atoms with Crippen molar-refractivity contribution in [2.75, 3.05) is 48.4 Å². The molecular formula is C20H29N3O7S2. The van der Waals surface area contributed by atoms with Gasteiger partial charge in [0.1, 0.15) is 12.3 Å². The van der Waals surface area contributed by atoms with Gasteiger partial charge in [0.05, 0.1) is 49.8 Å². The van der Waals surface area contributed by atoms with Gasteiger partial charge in [-0.05, 0) is 24.5 Å². The minimum absolute atomic E-state index is 0.111. The monoisotopic (exact) mass is 487 g/mol. The van der Waals surface area contributed by atoms with Crippen LogP contribution in [0.15, 0.2) is 24.4 Å². The van der Waals surface area contributed by atoms with Gasteiger partial charge in [-0.1, -0.05) is 13.8 Å². The third kappa shape index (κ3) is 6.22. The van der Waals surface area contributed by atoms with Crippen LogP contribution in [0.5, 0.6) is 5.75 Å². The Balaban J connectivity index is 2.67. The first-order chi connectivity index (χ1) is 14.8. The molecular weight excluding hydrogens is 458 g/mol. The molecule has 10 nitrogen and oxygen atoms in total. The number of hydrogen-bond acceptors (Lipinski definition) is 8. The molecule has 0 N–H and O–H groups in total. The molecule has 178 valence electrons. The third-order valence-corrected chi connectivity index (χ3v) is 7.06. The van der Waals surface area contributed by atoms with E-state index in [1.807, 2.05) is 13.8 Å². The van der Waals surface area contributed by atoms with Gasteiger partial charge in [-0.3, -0.25) is 18.4 Å². The number of rotatable bonds is 10. The smallest absolute Gasteiger partial charge is 0.326 e. The standard InChI is InChI=1S/C20H29N3O7S2/c1-14(2)7-8-22(31(5,25)26)16-9-15-10-18(19(29-3)11-17(15)21-12-16)23(32(6,27)28)13-20(24)30-4/h9-12,14H,7-8,13H2,1-6H3. The van der Waals surface area contributed by atoms with Gasteiger partial charge in [0.2, 0.25) is 20.0 Å². The van der Waals surface area contributed by atoms with E-state index >= 15 is 0 Å². The molecule has 0 unspecified atom stereocenters. The first-order valence-electron chi connectivity index (χ1n) is 9.78. The summed E-state index contributed by atoms with van der Waals surface area (Å²) in [5, 5.41) is 0.481. The number of pyridine rings is 1. The van der Waals surface area contributed by atoms with Crippen LogP contribution < -0.4 is 13.3 Å². The molecule has 2 rings (SSSR count). The molecule has 0 fully saturated rings. The summed E-state index contributed by atoms with van der Waals surface area (Å²) in [5.74, 6) is -0.265. The molecule has 0 aliphatic carbocycles. The van der Waals surface area contributed by atoms with E-state index in [-0.39, 0.29) is 18.0 Å². The lowest BCUT2D eigenvalue weighted by molar-refractivity contribution is -0.138. The second-order valence-corrected chi connectivity index (χ2v) is 11.6. The van der Waals surface area contributed by atoms with Crippen molar-refractivity contribution in [3.8, 4) is 5.75 Å². The van der Waals surface area contributed by atoms with E-state index in [0.29, 0.717) is 28.9 Å². The van der Waals surface area contributed by atoms with Crippen molar-refractivity contribution >= 4 is 48.3 Å². The fraction of sp³-hybridized carbons (Fsp3) is 0.500. The number of benzene rings is 1. The number of carbonyl (C=O) groups is 1. The second kappa shape index (κ2) is 9.90. The van der Waals surface area contributed by atoms with E-state index in [1.54, 1.807) is 6.07 Å². The van der Waals surface area contributed by atoms with E-state index in [2.05, 4.69) is 9.72 Å². The van der Waals surface area contributed by atoms with Crippen LogP contribution in [0.25, 0.3) is 10.9 Å². The minimum atomic E-state index is -3.87. The van der Waals surface area contributed by atoms with Gasteiger partial charge in [-0.2, -0.15) is 0 Å². The molecule has 32 heavy (non-hydrogen) atoms. The van der Waals surface area contributed by atoms with Crippen molar-refractivity contribution in [3.05, 3.63) is 24.4 Å². The highest BCUT2D eigenvalue weighted by molar-refractivity contribution is 7.92. The summed E-state index contributed by atoms with van der Waals surface area (Å²) in [7, 11) is -4.90. The Morgan fingerprint density at radius 3 is 2.16 bits per heavy atom. The topological polar surface area (TPSA) is 123 Å². The normalized spacial score (nSPS) is 12.1. The summed E-state index contributed by atoms with van der Waals surface area (Å²) in [6, 6.07) is 4.64. The van der Waals surface area contributed by atoms with Gasteiger partial charge in [0.25, 0.3) is 0 Å². The molecule has 0 radical (unpaired) electrons. The highest BCUT2D eigenvalue weighted by atomic mass is 32.2. The first-order valence-corrected chi connectivity index (χ1v) is 13.5. The van der Waals surface area contributed by atoms with Crippen LogP contribution in [0.3, 0.4) is 0 Å². The highest BCUT2D eigenvalue weighted by Gasteiger charge is 2.26. The number of anilines is 2. The molecule has 1 aromatic carbocycles. The number of sulfonamides is 2. The summed E-state index contributed by atoms with van der Waals surface area (Å²) >= 11 is 0. The van der Waals surface area contributed by atoms with Gasteiger partial charge in [0, 0.05) is 18.0 Å². The lowest BCUT2D eigenvalue weighted by atomic mass is 10.1. The van der Waals surface area contributed by atoms with E-state index < -0.39 is 32.6 Å².